The Morgan fingerprint density at radius 1 is 1.09 bits per heavy atom. The number of guanidine groups is 1. The zero-order chi connectivity index (χ0) is 21.2. The van der Waals surface area contributed by atoms with E-state index >= 15 is 0 Å². The average molecular weight is 562 g/mol. The lowest BCUT2D eigenvalue weighted by atomic mass is 10.1. The van der Waals surface area contributed by atoms with Gasteiger partial charge in [-0.05, 0) is 25.0 Å². The Kier molecular flexibility index (Phi) is 11.0. The fraction of sp³-hybridized carbons (Fsp3) is 0.783. The van der Waals surface area contributed by atoms with Crippen LogP contribution in [0.5, 0.6) is 0 Å². The van der Waals surface area contributed by atoms with E-state index < -0.39 is 0 Å². The van der Waals surface area contributed by atoms with E-state index in [4.69, 9.17) is 23.6 Å². The summed E-state index contributed by atoms with van der Waals surface area (Å²) in [5.74, 6) is 1.45. The van der Waals surface area contributed by atoms with Gasteiger partial charge in [0.25, 0.3) is 0 Å². The van der Waals surface area contributed by atoms with E-state index in [0.717, 1.165) is 76.9 Å². The number of hydrogen-bond acceptors (Lipinski definition) is 6. The molecule has 0 bridgehead atoms. The molecule has 4 rings (SSSR count). The third kappa shape index (κ3) is 8.16. The highest BCUT2D eigenvalue weighted by Crippen LogP contribution is 2.36. The highest BCUT2D eigenvalue weighted by Gasteiger charge is 2.41. The Hall–Kier alpha value is -0.880. The minimum atomic E-state index is -0.354. The number of rotatable bonds is 8. The van der Waals surface area contributed by atoms with Gasteiger partial charge in [0.05, 0.1) is 32.6 Å². The molecular weight excluding hydrogens is 523 g/mol. The van der Waals surface area contributed by atoms with Gasteiger partial charge in [-0.15, -0.1) is 24.0 Å². The van der Waals surface area contributed by atoms with Crippen LogP contribution in [-0.4, -0.2) is 81.8 Å². The van der Waals surface area contributed by atoms with Crippen LogP contribution in [0, 0.1) is 0 Å². The molecule has 1 aliphatic carbocycles. The predicted molar refractivity (Wildman–Crippen MR) is 135 cm³/mol. The summed E-state index contributed by atoms with van der Waals surface area (Å²) in [5.41, 5.74) is 0. The third-order valence-corrected chi connectivity index (χ3v) is 6.30. The zero-order valence-corrected chi connectivity index (χ0v) is 21.4. The normalized spacial score (nSPS) is 24.1. The molecule has 1 atom stereocenters. The van der Waals surface area contributed by atoms with Crippen molar-refractivity contribution in [2.75, 3.05) is 59.1 Å². The minimum Gasteiger partial charge on any atom is -0.469 e. The summed E-state index contributed by atoms with van der Waals surface area (Å²) in [6.45, 7) is 7.47. The van der Waals surface area contributed by atoms with Gasteiger partial charge in [-0.2, -0.15) is 0 Å². The second kappa shape index (κ2) is 13.7. The zero-order valence-electron chi connectivity index (χ0n) is 19.1. The highest BCUT2D eigenvalue weighted by atomic mass is 127. The first kappa shape index (κ1) is 25.7. The molecule has 1 aromatic rings. The number of nitrogens with one attached hydrogen (secondary N) is 2. The van der Waals surface area contributed by atoms with Crippen LogP contribution in [0.25, 0.3) is 0 Å². The van der Waals surface area contributed by atoms with Crippen LogP contribution in [0.15, 0.2) is 27.8 Å². The molecule has 0 amide bonds. The maximum Gasteiger partial charge on any atom is 0.191 e. The summed E-state index contributed by atoms with van der Waals surface area (Å²) in [7, 11) is 0. The first-order chi connectivity index (χ1) is 15.3. The number of halogens is 1. The molecule has 3 aliphatic rings. The highest BCUT2D eigenvalue weighted by molar-refractivity contribution is 14.0. The van der Waals surface area contributed by atoms with Gasteiger partial charge in [0.2, 0.25) is 0 Å². The van der Waals surface area contributed by atoms with Crippen molar-refractivity contribution in [2.24, 2.45) is 4.99 Å². The topological polar surface area (TPSA) is 80.5 Å². The van der Waals surface area contributed by atoms with Crippen LogP contribution in [0.2, 0.25) is 0 Å². The van der Waals surface area contributed by atoms with E-state index in [1.165, 1.54) is 25.7 Å². The third-order valence-electron chi connectivity index (χ3n) is 6.30. The number of morpholine rings is 1. The molecule has 3 fully saturated rings. The first-order valence-electron chi connectivity index (χ1n) is 12.0. The molecule has 32 heavy (non-hydrogen) atoms. The summed E-state index contributed by atoms with van der Waals surface area (Å²) >= 11 is 0. The number of aliphatic imine (C=N–C) groups is 1. The van der Waals surface area contributed by atoms with E-state index in [1.807, 2.05) is 12.1 Å². The fourth-order valence-electron chi connectivity index (χ4n) is 4.52. The van der Waals surface area contributed by atoms with Crippen LogP contribution >= 0.6 is 24.0 Å². The molecule has 1 spiro atoms. The van der Waals surface area contributed by atoms with Gasteiger partial charge < -0.3 is 29.3 Å². The Morgan fingerprint density at radius 3 is 2.62 bits per heavy atom. The average Bonchev–Trinajstić information content (AvgIpc) is 3.39. The Morgan fingerprint density at radius 2 is 1.88 bits per heavy atom. The lowest BCUT2D eigenvalue weighted by Crippen LogP contribution is -2.45. The van der Waals surface area contributed by atoms with Gasteiger partial charge in [-0.25, -0.2) is 0 Å². The van der Waals surface area contributed by atoms with E-state index in [-0.39, 0.29) is 35.9 Å². The second-order valence-corrected chi connectivity index (χ2v) is 8.70. The van der Waals surface area contributed by atoms with Crippen LogP contribution in [0.3, 0.4) is 0 Å². The van der Waals surface area contributed by atoms with Gasteiger partial charge in [-0.1, -0.05) is 12.8 Å². The summed E-state index contributed by atoms with van der Waals surface area (Å²) in [6.07, 6.45) is 9.55. The summed E-state index contributed by atoms with van der Waals surface area (Å²) in [4.78, 5) is 7.24. The summed E-state index contributed by atoms with van der Waals surface area (Å²) < 4.78 is 23.4. The maximum atomic E-state index is 6.36. The van der Waals surface area contributed by atoms with Crippen LogP contribution < -0.4 is 10.6 Å². The van der Waals surface area contributed by atoms with Gasteiger partial charge in [0, 0.05) is 52.0 Å². The first-order valence-corrected chi connectivity index (χ1v) is 12.0. The van der Waals surface area contributed by atoms with Crippen molar-refractivity contribution in [1.29, 1.82) is 0 Å². The van der Waals surface area contributed by atoms with Gasteiger partial charge in [-0.3, -0.25) is 9.89 Å². The molecule has 1 unspecified atom stereocenters. The van der Waals surface area contributed by atoms with Gasteiger partial charge >= 0.3 is 0 Å². The van der Waals surface area contributed by atoms with Crippen LogP contribution in [0.4, 0.5) is 0 Å². The molecule has 2 saturated heterocycles. The lowest BCUT2D eigenvalue weighted by Gasteiger charge is -2.27. The molecule has 0 radical (unpaired) electrons. The summed E-state index contributed by atoms with van der Waals surface area (Å²) in [6, 6.07) is 3.92. The van der Waals surface area contributed by atoms with E-state index in [9.17, 15) is 0 Å². The maximum absolute atomic E-state index is 6.36. The van der Waals surface area contributed by atoms with E-state index in [2.05, 4.69) is 15.5 Å². The largest absolute Gasteiger partial charge is 0.469 e. The second-order valence-electron chi connectivity index (χ2n) is 8.70. The van der Waals surface area contributed by atoms with Crippen molar-refractivity contribution in [1.82, 2.24) is 15.5 Å². The monoisotopic (exact) mass is 562 g/mol. The molecular formula is C23H39IN4O4. The van der Waals surface area contributed by atoms with Crippen molar-refractivity contribution in [2.45, 2.75) is 56.8 Å². The van der Waals surface area contributed by atoms with E-state index in [1.54, 1.807) is 6.26 Å². The van der Waals surface area contributed by atoms with Crippen LogP contribution in [0.1, 0.15) is 44.3 Å². The van der Waals surface area contributed by atoms with Crippen LogP contribution in [-0.2, 0) is 20.6 Å². The molecule has 2 N–H and O–H groups in total. The predicted octanol–water partition coefficient (Wildman–Crippen LogP) is 2.77. The van der Waals surface area contributed by atoms with E-state index in [0.29, 0.717) is 13.2 Å². The quantitative estimate of drug-likeness (QED) is 0.287. The number of nitrogens with zero attached hydrogens (tertiary/aromatic N) is 2. The Labute approximate surface area is 208 Å². The number of hydrogen-bond donors (Lipinski definition) is 2. The molecule has 1 aromatic heterocycles. The molecule has 0 aromatic carbocycles. The van der Waals surface area contributed by atoms with Crippen molar-refractivity contribution in [3.05, 3.63) is 24.2 Å². The molecule has 8 nitrogen and oxygen atoms in total. The lowest BCUT2D eigenvalue weighted by molar-refractivity contribution is -0.174. The molecule has 2 aliphatic heterocycles. The standard InChI is InChI=1S/C23H38N4O4.HI/c1-2-4-9-23(8-3-1)30-19-21(31-23)18-26-22(24-10-7-20-6-5-15-29-20)25-11-12-27-13-16-28-17-14-27;/h5-6,15,21H,1-4,7-14,16-19H2,(H2,24,25,26);1H. The smallest absolute Gasteiger partial charge is 0.191 e. The molecule has 9 heteroatoms. The van der Waals surface area contributed by atoms with Crippen molar-refractivity contribution in [3.8, 4) is 0 Å². The molecule has 3 heterocycles. The van der Waals surface area contributed by atoms with Crippen molar-refractivity contribution >= 4 is 29.9 Å². The van der Waals surface area contributed by atoms with Gasteiger partial charge in [0.15, 0.2) is 11.7 Å². The SMILES string of the molecule is I.c1coc(CCNC(=NCC2COC3(CCCCCC3)O2)NCCN2CCOCC2)c1. The minimum absolute atomic E-state index is 0. The Balaban J connectivity index is 0.00000289. The molecule has 1 saturated carbocycles. The Bertz CT molecular complexity index is 659. The van der Waals surface area contributed by atoms with Crippen molar-refractivity contribution < 1.29 is 18.6 Å². The number of ether oxygens (including phenoxy) is 3. The summed E-state index contributed by atoms with van der Waals surface area (Å²) in [5, 5.41) is 6.92. The van der Waals surface area contributed by atoms with Crippen molar-refractivity contribution in [3.63, 3.8) is 0 Å². The fourth-order valence-corrected chi connectivity index (χ4v) is 4.52. The van der Waals surface area contributed by atoms with Gasteiger partial charge in [0.1, 0.15) is 11.9 Å². The number of furan rings is 1. The molecule has 182 valence electrons.